The van der Waals surface area contributed by atoms with Crippen molar-refractivity contribution in [3.63, 3.8) is 0 Å². The van der Waals surface area contributed by atoms with Gasteiger partial charge < -0.3 is 5.32 Å². The van der Waals surface area contributed by atoms with Gasteiger partial charge in [-0.25, -0.2) is 18.1 Å². The van der Waals surface area contributed by atoms with Gasteiger partial charge in [-0.2, -0.15) is 5.26 Å². The molecule has 0 aromatic carbocycles. The van der Waals surface area contributed by atoms with Gasteiger partial charge in [0.2, 0.25) is 0 Å². The number of rotatable bonds is 4. The number of nitriles is 1. The second-order valence-electron chi connectivity index (χ2n) is 4.47. The van der Waals surface area contributed by atoms with E-state index in [0.29, 0.717) is 6.54 Å². The topological polar surface area (TPSA) is 94.9 Å². The molecule has 6 nitrogen and oxygen atoms in total. The van der Waals surface area contributed by atoms with Gasteiger partial charge in [-0.05, 0) is 31.5 Å². The summed E-state index contributed by atoms with van der Waals surface area (Å²) in [7, 11) is -3.73. The summed E-state index contributed by atoms with van der Waals surface area (Å²) in [5, 5.41) is 12.0. The molecule has 1 aliphatic heterocycles. The van der Waals surface area contributed by atoms with E-state index in [4.69, 9.17) is 5.26 Å². The molecule has 2 N–H and O–H groups in total. The molecule has 1 saturated heterocycles. The fraction of sp³-hybridized carbons (Fsp3) is 0.500. The summed E-state index contributed by atoms with van der Waals surface area (Å²) in [5.74, 6) is 0. The molecule has 1 unspecified atom stereocenters. The van der Waals surface area contributed by atoms with E-state index in [0.717, 1.165) is 25.8 Å². The van der Waals surface area contributed by atoms with Gasteiger partial charge in [-0.3, -0.25) is 0 Å². The Labute approximate surface area is 112 Å². The summed E-state index contributed by atoms with van der Waals surface area (Å²) in [6, 6.07) is 4.98. The molecule has 1 aromatic rings. The number of hydrogen-bond donors (Lipinski definition) is 2. The Hall–Kier alpha value is -1.49. The van der Waals surface area contributed by atoms with Gasteiger partial charge in [0.15, 0.2) is 5.03 Å². The van der Waals surface area contributed by atoms with Crippen molar-refractivity contribution in [2.24, 2.45) is 0 Å². The predicted molar refractivity (Wildman–Crippen MR) is 69.8 cm³/mol. The Morgan fingerprint density at radius 3 is 3.05 bits per heavy atom. The smallest absolute Gasteiger partial charge is 0.259 e. The van der Waals surface area contributed by atoms with Crippen molar-refractivity contribution < 1.29 is 8.42 Å². The fourth-order valence-electron chi connectivity index (χ4n) is 2.07. The molecule has 1 fully saturated rings. The minimum atomic E-state index is -3.73. The molecule has 7 heteroatoms. The first kappa shape index (κ1) is 13.9. The zero-order valence-electron chi connectivity index (χ0n) is 10.5. The maximum Gasteiger partial charge on any atom is 0.259 e. The highest BCUT2D eigenvalue weighted by molar-refractivity contribution is 7.89. The van der Waals surface area contributed by atoms with Crippen LogP contribution in [0.3, 0.4) is 0 Å². The van der Waals surface area contributed by atoms with E-state index in [2.05, 4.69) is 15.0 Å². The van der Waals surface area contributed by atoms with Crippen LogP contribution < -0.4 is 10.0 Å². The SMILES string of the molecule is N#Cc1cccnc1S(=O)(=O)NCC1CCCCN1. The van der Waals surface area contributed by atoms with Crippen LogP contribution in [0, 0.1) is 11.3 Å². The largest absolute Gasteiger partial charge is 0.313 e. The zero-order valence-corrected chi connectivity index (χ0v) is 11.3. The Kier molecular flexibility index (Phi) is 4.47. The standard InChI is InChI=1S/C12H16N4O2S/c13-8-10-4-3-7-15-12(10)19(17,18)16-9-11-5-1-2-6-14-11/h3-4,7,11,14,16H,1-2,5-6,9H2. The van der Waals surface area contributed by atoms with E-state index in [-0.39, 0.29) is 16.6 Å². The van der Waals surface area contributed by atoms with Crippen LogP contribution in [0.4, 0.5) is 0 Å². The van der Waals surface area contributed by atoms with E-state index in [1.54, 1.807) is 6.07 Å². The number of piperidine rings is 1. The lowest BCUT2D eigenvalue weighted by Crippen LogP contribution is -2.43. The van der Waals surface area contributed by atoms with Gasteiger partial charge in [0.1, 0.15) is 6.07 Å². The number of nitrogens with one attached hydrogen (secondary N) is 2. The Morgan fingerprint density at radius 2 is 2.37 bits per heavy atom. The molecule has 0 bridgehead atoms. The number of sulfonamides is 1. The summed E-state index contributed by atoms with van der Waals surface area (Å²) in [6.45, 7) is 1.24. The summed E-state index contributed by atoms with van der Waals surface area (Å²) in [4.78, 5) is 3.79. The lowest BCUT2D eigenvalue weighted by atomic mass is 10.1. The molecule has 2 rings (SSSR count). The highest BCUT2D eigenvalue weighted by Crippen LogP contribution is 2.12. The molecule has 1 atom stereocenters. The summed E-state index contributed by atoms with van der Waals surface area (Å²) in [6.07, 6.45) is 4.55. The van der Waals surface area contributed by atoms with Gasteiger partial charge >= 0.3 is 0 Å². The molecular weight excluding hydrogens is 264 g/mol. The van der Waals surface area contributed by atoms with Crippen molar-refractivity contribution in [3.05, 3.63) is 23.9 Å². The zero-order chi connectivity index (χ0) is 13.7. The average molecular weight is 280 g/mol. The second-order valence-corrected chi connectivity index (χ2v) is 6.15. The van der Waals surface area contributed by atoms with Crippen LogP contribution in [-0.4, -0.2) is 32.5 Å². The highest BCUT2D eigenvalue weighted by Gasteiger charge is 2.22. The normalized spacial score (nSPS) is 19.8. The van der Waals surface area contributed by atoms with Crippen LogP contribution in [0.15, 0.2) is 23.4 Å². The first-order valence-electron chi connectivity index (χ1n) is 6.21. The van der Waals surface area contributed by atoms with Crippen LogP contribution in [0.25, 0.3) is 0 Å². The molecule has 0 saturated carbocycles. The molecule has 102 valence electrons. The third kappa shape index (κ3) is 3.50. The van der Waals surface area contributed by atoms with Crippen LogP contribution in [0.1, 0.15) is 24.8 Å². The summed E-state index contributed by atoms with van der Waals surface area (Å²) < 4.78 is 26.7. The first-order valence-corrected chi connectivity index (χ1v) is 7.70. The van der Waals surface area contributed by atoms with Crippen LogP contribution >= 0.6 is 0 Å². The molecule has 0 amide bonds. The summed E-state index contributed by atoms with van der Waals surface area (Å²) >= 11 is 0. The second kappa shape index (κ2) is 6.10. The van der Waals surface area contributed by atoms with Gasteiger partial charge in [0.25, 0.3) is 10.0 Å². The number of aromatic nitrogens is 1. The van der Waals surface area contributed by atoms with Crippen molar-refractivity contribution in [1.82, 2.24) is 15.0 Å². The average Bonchev–Trinajstić information content (AvgIpc) is 2.46. The fourth-order valence-corrected chi connectivity index (χ4v) is 3.23. The van der Waals surface area contributed by atoms with Crippen molar-refractivity contribution >= 4 is 10.0 Å². The minimum absolute atomic E-state index is 0.0617. The number of nitrogens with zero attached hydrogens (tertiary/aromatic N) is 2. The third-order valence-corrected chi connectivity index (χ3v) is 4.46. The van der Waals surface area contributed by atoms with Crippen molar-refractivity contribution in [1.29, 1.82) is 5.26 Å². The monoisotopic (exact) mass is 280 g/mol. The van der Waals surface area contributed by atoms with Crippen LogP contribution in [0.5, 0.6) is 0 Å². The van der Waals surface area contributed by atoms with Crippen molar-refractivity contribution in [3.8, 4) is 6.07 Å². The van der Waals surface area contributed by atoms with Crippen molar-refractivity contribution in [2.45, 2.75) is 30.3 Å². The Morgan fingerprint density at radius 1 is 1.53 bits per heavy atom. The quantitative estimate of drug-likeness (QED) is 0.831. The van der Waals surface area contributed by atoms with E-state index in [1.165, 1.54) is 12.3 Å². The van der Waals surface area contributed by atoms with Gasteiger partial charge in [0, 0.05) is 18.8 Å². The molecule has 0 aliphatic carbocycles. The lowest BCUT2D eigenvalue weighted by Gasteiger charge is -2.23. The molecular formula is C12H16N4O2S. The summed E-state index contributed by atoms with van der Waals surface area (Å²) in [5.41, 5.74) is 0.0617. The lowest BCUT2D eigenvalue weighted by molar-refractivity contribution is 0.398. The maximum atomic E-state index is 12.1. The highest BCUT2D eigenvalue weighted by atomic mass is 32.2. The Balaban J connectivity index is 2.07. The molecule has 1 aliphatic rings. The van der Waals surface area contributed by atoms with E-state index >= 15 is 0 Å². The number of pyridine rings is 1. The molecule has 2 heterocycles. The Bertz CT molecular complexity index is 574. The van der Waals surface area contributed by atoms with Crippen LogP contribution in [0.2, 0.25) is 0 Å². The third-order valence-electron chi connectivity index (χ3n) is 3.08. The van der Waals surface area contributed by atoms with Gasteiger partial charge in [-0.1, -0.05) is 6.42 Å². The van der Waals surface area contributed by atoms with E-state index in [1.807, 2.05) is 6.07 Å². The number of hydrogen-bond acceptors (Lipinski definition) is 5. The first-order chi connectivity index (χ1) is 9.13. The van der Waals surface area contributed by atoms with Gasteiger partial charge in [-0.15, -0.1) is 0 Å². The molecule has 0 spiro atoms. The molecule has 19 heavy (non-hydrogen) atoms. The van der Waals surface area contributed by atoms with E-state index < -0.39 is 10.0 Å². The van der Waals surface area contributed by atoms with Crippen LogP contribution in [-0.2, 0) is 10.0 Å². The van der Waals surface area contributed by atoms with Crippen molar-refractivity contribution in [2.75, 3.05) is 13.1 Å². The minimum Gasteiger partial charge on any atom is -0.313 e. The van der Waals surface area contributed by atoms with E-state index in [9.17, 15) is 8.42 Å². The maximum absolute atomic E-state index is 12.1. The van der Waals surface area contributed by atoms with Gasteiger partial charge in [0.05, 0.1) is 5.56 Å². The predicted octanol–water partition coefficient (Wildman–Crippen LogP) is 0.374. The molecule has 0 radical (unpaired) electrons. The molecule has 1 aromatic heterocycles.